The summed E-state index contributed by atoms with van der Waals surface area (Å²) in [7, 11) is -2.16. The van der Waals surface area contributed by atoms with E-state index in [2.05, 4.69) is 9.62 Å². The Labute approximate surface area is 187 Å². The molecule has 1 aromatic rings. The van der Waals surface area contributed by atoms with Crippen LogP contribution in [0.1, 0.15) is 54.4 Å². The summed E-state index contributed by atoms with van der Waals surface area (Å²) in [5.74, 6) is 0.719. The lowest BCUT2D eigenvalue weighted by atomic mass is 9.89. The molecule has 3 rings (SSSR count). The molecule has 1 aliphatic carbocycles. The van der Waals surface area contributed by atoms with Crippen LogP contribution in [0.5, 0.6) is 0 Å². The molecule has 2 fully saturated rings. The van der Waals surface area contributed by atoms with Crippen molar-refractivity contribution in [3.05, 3.63) is 29.3 Å². The number of ether oxygens (including phenoxy) is 1. The molecule has 0 bridgehead atoms. The van der Waals surface area contributed by atoms with E-state index in [-0.39, 0.29) is 17.3 Å². The molecule has 1 amide bonds. The van der Waals surface area contributed by atoms with Crippen molar-refractivity contribution in [2.75, 3.05) is 53.0 Å². The Kier molecular flexibility index (Phi) is 8.89. The SMILES string of the molecule is COCCNS(=O)(=O)c1ccc(C)c(C(=O)N2CCCN(CC3CCCCC3)CC2)c1. The number of carbonyl (C=O) groups is 1. The van der Waals surface area contributed by atoms with Gasteiger partial charge in [0, 0.05) is 45.4 Å². The highest BCUT2D eigenvalue weighted by Gasteiger charge is 2.25. The van der Waals surface area contributed by atoms with Crippen LogP contribution in [0.2, 0.25) is 0 Å². The summed E-state index contributed by atoms with van der Waals surface area (Å²) in [5, 5.41) is 0. The minimum atomic E-state index is -3.68. The van der Waals surface area contributed by atoms with Gasteiger partial charge in [-0.3, -0.25) is 4.79 Å². The number of rotatable bonds is 8. The van der Waals surface area contributed by atoms with Gasteiger partial charge in [-0.1, -0.05) is 25.3 Å². The molecule has 7 nitrogen and oxygen atoms in total. The number of nitrogens with zero attached hydrogens (tertiary/aromatic N) is 2. The van der Waals surface area contributed by atoms with Crippen LogP contribution >= 0.6 is 0 Å². The Morgan fingerprint density at radius 1 is 1.10 bits per heavy atom. The lowest BCUT2D eigenvalue weighted by Gasteiger charge is -2.29. The van der Waals surface area contributed by atoms with E-state index in [1.54, 1.807) is 12.1 Å². The fraction of sp³-hybridized carbons (Fsp3) is 0.696. The number of hydrogen-bond donors (Lipinski definition) is 1. The summed E-state index contributed by atoms with van der Waals surface area (Å²) in [6, 6.07) is 4.78. The highest BCUT2D eigenvalue weighted by molar-refractivity contribution is 7.89. The van der Waals surface area contributed by atoms with Gasteiger partial charge >= 0.3 is 0 Å². The number of methoxy groups -OCH3 is 1. The van der Waals surface area contributed by atoms with Gasteiger partial charge in [0.05, 0.1) is 11.5 Å². The fourth-order valence-electron chi connectivity index (χ4n) is 4.62. The zero-order valence-electron chi connectivity index (χ0n) is 18.9. The normalized spacial score (nSPS) is 19.4. The number of aryl methyl sites for hydroxylation is 1. The number of amides is 1. The molecule has 0 radical (unpaired) electrons. The maximum absolute atomic E-state index is 13.3. The number of hydrogen-bond acceptors (Lipinski definition) is 5. The second-order valence-electron chi connectivity index (χ2n) is 8.82. The molecule has 1 saturated heterocycles. The molecule has 2 aliphatic rings. The maximum atomic E-state index is 13.3. The first-order valence-corrected chi connectivity index (χ1v) is 13.0. The van der Waals surface area contributed by atoms with Gasteiger partial charge < -0.3 is 14.5 Å². The third kappa shape index (κ3) is 6.75. The number of sulfonamides is 1. The van der Waals surface area contributed by atoms with Crippen LogP contribution in [0.25, 0.3) is 0 Å². The van der Waals surface area contributed by atoms with Crippen molar-refractivity contribution in [3.63, 3.8) is 0 Å². The van der Waals surface area contributed by atoms with Crippen molar-refractivity contribution in [3.8, 4) is 0 Å². The summed E-state index contributed by atoms with van der Waals surface area (Å²) in [6.07, 6.45) is 7.68. The van der Waals surface area contributed by atoms with Crippen molar-refractivity contribution in [2.24, 2.45) is 5.92 Å². The van der Waals surface area contributed by atoms with E-state index < -0.39 is 10.0 Å². The molecule has 0 unspecified atom stereocenters. The van der Waals surface area contributed by atoms with E-state index in [0.717, 1.165) is 37.5 Å². The Bertz CT molecular complexity index is 837. The predicted molar refractivity (Wildman–Crippen MR) is 122 cm³/mol. The first-order valence-electron chi connectivity index (χ1n) is 11.5. The van der Waals surface area contributed by atoms with E-state index in [0.29, 0.717) is 25.3 Å². The fourth-order valence-corrected chi connectivity index (χ4v) is 5.66. The Hall–Kier alpha value is -1.48. The lowest BCUT2D eigenvalue weighted by molar-refractivity contribution is 0.0759. The second kappa shape index (κ2) is 11.4. The number of benzene rings is 1. The van der Waals surface area contributed by atoms with Gasteiger partial charge in [-0.15, -0.1) is 0 Å². The average Bonchev–Trinajstić information content (AvgIpc) is 3.00. The van der Waals surface area contributed by atoms with E-state index in [1.165, 1.54) is 45.3 Å². The van der Waals surface area contributed by atoms with E-state index in [9.17, 15) is 13.2 Å². The van der Waals surface area contributed by atoms with Gasteiger partial charge in [0.1, 0.15) is 0 Å². The Morgan fingerprint density at radius 3 is 2.61 bits per heavy atom. The predicted octanol–water partition coefficient (Wildman–Crippen LogP) is 2.65. The molecular weight excluding hydrogens is 414 g/mol. The third-order valence-corrected chi connectivity index (χ3v) is 7.92. The minimum absolute atomic E-state index is 0.0778. The smallest absolute Gasteiger partial charge is 0.254 e. The number of nitrogens with one attached hydrogen (secondary N) is 1. The standard InChI is InChI=1S/C23H37N3O4S/c1-19-9-10-21(31(28,29)24-11-16-30-2)17-22(19)23(27)26-13-6-12-25(14-15-26)18-20-7-4-3-5-8-20/h9-10,17,20,24H,3-8,11-16,18H2,1-2H3. The molecule has 174 valence electrons. The first-order chi connectivity index (χ1) is 14.9. The monoisotopic (exact) mass is 451 g/mol. The summed E-state index contributed by atoms with van der Waals surface area (Å²) in [5.41, 5.74) is 1.26. The van der Waals surface area contributed by atoms with Gasteiger partial charge in [0.25, 0.3) is 5.91 Å². The topological polar surface area (TPSA) is 78.9 Å². The van der Waals surface area contributed by atoms with Gasteiger partial charge in [0.15, 0.2) is 0 Å². The van der Waals surface area contributed by atoms with Gasteiger partial charge in [-0.25, -0.2) is 13.1 Å². The van der Waals surface area contributed by atoms with Crippen LogP contribution in [0, 0.1) is 12.8 Å². The molecule has 1 aliphatic heterocycles. The average molecular weight is 452 g/mol. The van der Waals surface area contributed by atoms with Crippen LogP contribution < -0.4 is 4.72 Å². The summed E-state index contributed by atoms with van der Waals surface area (Å²) in [4.78, 5) is 17.8. The molecule has 8 heteroatoms. The molecule has 1 aromatic carbocycles. The Morgan fingerprint density at radius 2 is 1.87 bits per heavy atom. The second-order valence-corrected chi connectivity index (χ2v) is 10.6. The zero-order valence-corrected chi connectivity index (χ0v) is 19.8. The molecule has 1 saturated carbocycles. The van der Waals surface area contributed by atoms with E-state index >= 15 is 0 Å². The minimum Gasteiger partial charge on any atom is -0.383 e. The molecule has 1 heterocycles. The largest absolute Gasteiger partial charge is 0.383 e. The van der Waals surface area contributed by atoms with Crippen molar-refractivity contribution in [1.82, 2.24) is 14.5 Å². The summed E-state index contributed by atoms with van der Waals surface area (Å²) < 4.78 is 32.5. The van der Waals surface area contributed by atoms with Crippen LogP contribution in [-0.2, 0) is 14.8 Å². The van der Waals surface area contributed by atoms with Gasteiger partial charge in [-0.05, 0) is 56.3 Å². The molecule has 31 heavy (non-hydrogen) atoms. The van der Waals surface area contributed by atoms with Gasteiger partial charge in [0.2, 0.25) is 10.0 Å². The highest BCUT2D eigenvalue weighted by Crippen LogP contribution is 2.25. The van der Waals surface area contributed by atoms with Crippen molar-refractivity contribution >= 4 is 15.9 Å². The van der Waals surface area contributed by atoms with Crippen molar-refractivity contribution in [1.29, 1.82) is 0 Å². The van der Waals surface area contributed by atoms with Crippen LogP contribution in [0.4, 0.5) is 0 Å². The van der Waals surface area contributed by atoms with E-state index in [1.807, 2.05) is 11.8 Å². The molecule has 0 aromatic heterocycles. The number of carbonyl (C=O) groups excluding carboxylic acids is 1. The van der Waals surface area contributed by atoms with Crippen LogP contribution in [0.3, 0.4) is 0 Å². The first kappa shape index (κ1) is 24.2. The molecule has 0 spiro atoms. The van der Waals surface area contributed by atoms with Gasteiger partial charge in [-0.2, -0.15) is 0 Å². The Balaban J connectivity index is 1.65. The molecule has 1 N–H and O–H groups in total. The third-order valence-electron chi connectivity index (χ3n) is 6.46. The lowest BCUT2D eigenvalue weighted by Crippen LogP contribution is -2.37. The van der Waals surface area contributed by atoms with Crippen LogP contribution in [0.15, 0.2) is 23.1 Å². The van der Waals surface area contributed by atoms with Crippen molar-refractivity contribution in [2.45, 2.75) is 50.3 Å². The molecular formula is C23H37N3O4S. The van der Waals surface area contributed by atoms with Crippen LogP contribution in [-0.4, -0.2) is 77.1 Å². The highest BCUT2D eigenvalue weighted by atomic mass is 32.2. The maximum Gasteiger partial charge on any atom is 0.254 e. The quantitative estimate of drug-likeness (QED) is 0.615. The summed E-state index contributed by atoms with van der Waals surface area (Å²) in [6.45, 7) is 6.80. The van der Waals surface area contributed by atoms with E-state index in [4.69, 9.17) is 4.74 Å². The zero-order chi connectivity index (χ0) is 22.3. The molecule has 0 atom stereocenters. The summed E-state index contributed by atoms with van der Waals surface area (Å²) >= 11 is 0. The van der Waals surface area contributed by atoms with Crippen molar-refractivity contribution < 1.29 is 17.9 Å².